The van der Waals surface area contributed by atoms with Crippen molar-refractivity contribution in [3.05, 3.63) is 26.7 Å². The van der Waals surface area contributed by atoms with Crippen LogP contribution in [0.1, 0.15) is 29.2 Å². The number of hydrogen-bond acceptors (Lipinski definition) is 2. The van der Waals surface area contributed by atoms with Gasteiger partial charge in [0, 0.05) is 16.5 Å². The van der Waals surface area contributed by atoms with Crippen LogP contribution in [0.5, 0.6) is 5.75 Å². The van der Waals surface area contributed by atoms with Gasteiger partial charge in [0.15, 0.2) is 0 Å². The second kappa shape index (κ2) is 4.54. The van der Waals surface area contributed by atoms with Crippen molar-refractivity contribution in [2.45, 2.75) is 40.2 Å². The summed E-state index contributed by atoms with van der Waals surface area (Å²) in [5.41, 5.74) is 3.78. The van der Waals surface area contributed by atoms with Crippen LogP contribution in [0.15, 0.2) is 4.47 Å². The summed E-state index contributed by atoms with van der Waals surface area (Å²) in [7, 11) is 0. The molecule has 2 nitrogen and oxygen atoms in total. The molecule has 0 bridgehead atoms. The van der Waals surface area contributed by atoms with Crippen molar-refractivity contribution in [2.24, 2.45) is 0 Å². The molecule has 84 valence electrons. The summed E-state index contributed by atoms with van der Waals surface area (Å²) in [6.45, 7) is 7.54. The number of aliphatic hydroxyl groups excluding tert-OH is 1. The number of phenols is 1. The third-order valence-corrected chi connectivity index (χ3v) is 4.00. The Labute approximate surface area is 99.1 Å². The van der Waals surface area contributed by atoms with Crippen molar-refractivity contribution in [1.29, 1.82) is 0 Å². The summed E-state index contributed by atoms with van der Waals surface area (Å²) in [5, 5.41) is 19.4. The van der Waals surface area contributed by atoms with E-state index in [1.54, 1.807) is 6.92 Å². The molecule has 1 rings (SSSR count). The molecule has 0 saturated carbocycles. The molecule has 1 aromatic rings. The van der Waals surface area contributed by atoms with Gasteiger partial charge < -0.3 is 10.2 Å². The number of hydrogen-bond donors (Lipinski definition) is 2. The number of aromatic hydroxyl groups is 1. The first-order valence-corrected chi connectivity index (χ1v) is 5.80. The van der Waals surface area contributed by atoms with E-state index in [0.717, 1.165) is 26.7 Å². The Morgan fingerprint density at radius 2 is 1.67 bits per heavy atom. The Morgan fingerprint density at radius 3 is 2.13 bits per heavy atom. The monoisotopic (exact) mass is 272 g/mol. The number of rotatable bonds is 2. The van der Waals surface area contributed by atoms with Gasteiger partial charge in [-0.25, -0.2) is 0 Å². The van der Waals surface area contributed by atoms with Crippen molar-refractivity contribution in [3.8, 4) is 5.75 Å². The third-order valence-electron chi connectivity index (χ3n) is 2.81. The summed E-state index contributed by atoms with van der Waals surface area (Å²) >= 11 is 3.51. The Kier molecular flexibility index (Phi) is 3.79. The molecule has 1 atom stereocenters. The van der Waals surface area contributed by atoms with Gasteiger partial charge in [0.2, 0.25) is 0 Å². The summed E-state index contributed by atoms with van der Waals surface area (Å²) in [6.07, 6.45) is 0.0424. The standard InChI is InChI=1S/C12H17BrO2/c1-6(14)5-10-9(4)11(13)7(2)8(3)12(10)15/h6,14-15H,5H2,1-4H3. The van der Waals surface area contributed by atoms with Crippen LogP contribution in [-0.2, 0) is 6.42 Å². The second-order valence-corrected chi connectivity index (χ2v) is 4.86. The lowest BCUT2D eigenvalue weighted by molar-refractivity contribution is 0.194. The number of halogens is 1. The maximum absolute atomic E-state index is 10.0. The summed E-state index contributed by atoms with van der Waals surface area (Å²) in [4.78, 5) is 0. The molecule has 0 aliphatic carbocycles. The van der Waals surface area contributed by atoms with E-state index < -0.39 is 6.10 Å². The van der Waals surface area contributed by atoms with Gasteiger partial charge in [-0.05, 0) is 44.4 Å². The average molecular weight is 273 g/mol. The molecule has 0 saturated heterocycles. The Morgan fingerprint density at radius 1 is 1.13 bits per heavy atom. The van der Waals surface area contributed by atoms with E-state index in [4.69, 9.17) is 0 Å². The van der Waals surface area contributed by atoms with Gasteiger partial charge in [-0.3, -0.25) is 0 Å². The van der Waals surface area contributed by atoms with Gasteiger partial charge in [-0.2, -0.15) is 0 Å². The van der Waals surface area contributed by atoms with Crippen LogP contribution in [0.4, 0.5) is 0 Å². The highest BCUT2D eigenvalue weighted by Crippen LogP contribution is 2.35. The Bertz CT molecular complexity index is 355. The maximum atomic E-state index is 10.0. The molecular formula is C12H17BrO2. The first-order chi connectivity index (χ1) is 6.86. The Balaban J connectivity index is 3.39. The fraction of sp³-hybridized carbons (Fsp3) is 0.500. The van der Waals surface area contributed by atoms with E-state index in [0.29, 0.717) is 12.2 Å². The normalized spacial score (nSPS) is 12.9. The summed E-state index contributed by atoms with van der Waals surface area (Å²) < 4.78 is 1.02. The van der Waals surface area contributed by atoms with Crippen LogP contribution >= 0.6 is 15.9 Å². The minimum absolute atomic E-state index is 0.314. The number of benzene rings is 1. The second-order valence-electron chi connectivity index (χ2n) is 4.07. The zero-order valence-electron chi connectivity index (χ0n) is 9.56. The predicted molar refractivity (Wildman–Crippen MR) is 65.4 cm³/mol. The fourth-order valence-electron chi connectivity index (χ4n) is 1.71. The summed E-state index contributed by atoms with van der Waals surface area (Å²) in [5.74, 6) is 0.314. The van der Waals surface area contributed by atoms with Gasteiger partial charge in [0.25, 0.3) is 0 Å². The van der Waals surface area contributed by atoms with Crippen molar-refractivity contribution in [1.82, 2.24) is 0 Å². The molecule has 0 spiro atoms. The van der Waals surface area contributed by atoms with Crippen molar-refractivity contribution in [2.75, 3.05) is 0 Å². The van der Waals surface area contributed by atoms with E-state index in [1.807, 2.05) is 20.8 Å². The fourth-order valence-corrected chi connectivity index (χ4v) is 2.24. The highest BCUT2D eigenvalue weighted by Gasteiger charge is 2.16. The molecular weight excluding hydrogens is 256 g/mol. The highest BCUT2D eigenvalue weighted by molar-refractivity contribution is 9.10. The van der Waals surface area contributed by atoms with Crippen LogP contribution in [0.2, 0.25) is 0 Å². The van der Waals surface area contributed by atoms with Crippen LogP contribution in [-0.4, -0.2) is 16.3 Å². The SMILES string of the molecule is Cc1c(C)c(Br)c(C)c(CC(C)O)c1O. The summed E-state index contributed by atoms with van der Waals surface area (Å²) in [6, 6.07) is 0. The smallest absolute Gasteiger partial charge is 0.122 e. The molecule has 0 aliphatic heterocycles. The van der Waals surface area contributed by atoms with E-state index >= 15 is 0 Å². The molecule has 0 heterocycles. The average Bonchev–Trinajstić information content (AvgIpc) is 2.18. The lowest BCUT2D eigenvalue weighted by Crippen LogP contribution is -2.07. The molecule has 0 aromatic heterocycles. The maximum Gasteiger partial charge on any atom is 0.122 e. The zero-order valence-corrected chi connectivity index (χ0v) is 11.1. The van der Waals surface area contributed by atoms with Crippen molar-refractivity contribution < 1.29 is 10.2 Å². The van der Waals surface area contributed by atoms with Gasteiger partial charge in [-0.1, -0.05) is 15.9 Å². The van der Waals surface area contributed by atoms with Crippen LogP contribution < -0.4 is 0 Å². The third kappa shape index (κ3) is 2.34. The molecule has 3 heteroatoms. The molecule has 0 fully saturated rings. The topological polar surface area (TPSA) is 40.5 Å². The number of aliphatic hydroxyl groups is 1. The van der Waals surface area contributed by atoms with Crippen LogP contribution in [0, 0.1) is 20.8 Å². The Hall–Kier alpha value is -0.540. The minimum Gasteiger partial charge on any atom is -0.507 e. The quantitative estimate of drug-likeness (QED) is 0.869. The van der Waals surface area contributed by atoms with Crippen molar-refractivity contribution >= 4 is 15.9 Å². The van der Waals surface area contributed by atoms with Crippen LogP contribution in [0.25, 0.3) is 0 Å². The van der Waals surface area contributed by atoms with E-state index in [1.165, 1.54) is 0 Å². The van der Waals surface area contributed by atoms with Gasteiger partial charge in [-0.15, -0.1) is 0 Å². The van der Waals surface area contributed by atoms with Crippen molar-refractivity contribution in [3.63, 3.8) is 0 Å². The number of phenolic OH excluding ortho intramolecular Hbond substituents is 1. The first kappa shape index (κ1) is 12.5. The lowest BCUT2D eigenvalue weighted by atomic mass is 9.95. The molecule has 15 heavy (non-hydrogen) atoms. The van der Waals surface area contributed by atoms with E-state index in [9.17, 15) is 10.2 Å². The largest absolute Gasteiger partial charge is 0.507 e. The van der Waals surface area contributed by atoms with Crippen LogP contribution in [0.3, 0.4) is 0 Å². The lowest BCUT2D eigenvalue weighted by Gasteiger charge is -2.17. The van der Waals surface area contributed by atoms with Gasteiger partial charge in [0.05, 0.1) is 6.10 Å². The molecule has 1 aromatic carbocycles. The zero-order chi connectivity index (χ0) is 11.7. The molecule has 0 aliphatic rings. The molecule has 0 amide bonds. The first-order valence-electron chi connectivity index (χ1n) is 5.01. The van der Waals surface area contributed by atoms with E-state index in [-0.39, 0.29) is 0 Å². The molecule has 1 unspecified atom stereocenters. The van der Waals surface area contributed by atoms with Gasteiger partial charge in [0.1, 0.15) is 5.75 Å². The predicted octanol–water partition coefficient (Wildman–Crippen LogP) is 3.00. The van der Waals surface area contributed by atoms with E-state index in [2.05, 4.69) is 15.9 Å². The molecule has 0 radical (unpaired) electrons. The highest BCUT2D eigenvalue weighted by atomic mass is 79.9. The van der Waals surface area contributed by atoms with Gasteiger partial charge >= 0.3 is 0 Å². The molecule has 2 N–H and O–H groups in total. The minimum atomic E-state index is -0.441.